The number of anilines is 1. The van der Waals surface area contributed by atoms with Crippen molar-refractivity contribution in [1.82, 2.24) is 24.7 Å². The van der Waals surface area contributed by atoms with Crippen LogP contribution in [0, 0.1) is 0 Å². The zero-order valence-corrected chi connectivity index (χ0v) is 11.7. The zero-order chi connectivity index (χ0) is 13.1. The maximum Gasteiger partial charge on any atom is 0.256 e. The molecule has 0 spiro atoms. The Morgan fingerprint density at radius 1 is 1.42 bits per heavy atom. The van der Waals surface area contributed by atoms with Gasteiger partial charge in [-0.25, -0.2) is 4.68 Å². The molecule has 3 rings (SSSR count). The summed E-state index contributed by atoms with van der Waals surface area (Å²) < 4.78 is 1.56. The van der Waals surface area contributed by atoms with Gasteiger partial charge in [-0.3, -0.25) is 0 Å². The van der Waals surface area contributed by atoms with E-state index < -0.39 is 0 Å². The molecule has 0 aliphatic carbocycles. The second kappa shape index (κ2) is 5.75. The van der Waals surface area contributed by atoms with Crippen LogP contribution >= 0.6 is 23.4 Å². The van der Waals surface area contributed by atoms with Gasteiger partial charge in [0.25, 0.3) is 5.95 Å². The molecule has 0 bridgehead atoms. The number of thioether (sulfide) groups is 1. The Kier molecular flexibility index (Phi) is 3.84. The van der Waals surface area contributed by atoms with Crippen molar-refractivity contribution in [1.29, 1.82) is 0 Å². The molecule has 0 radical (unpaired) electrons. The molecule has 1 saturated heterocycles. The second-order valence-electron chi connectivity index (χ2n) is 4.19. The van der Waals surface area contributed by atoms with E-state index in [4.69, 9.17) is 11.6 Å². The number of nitrogens with one attached hydrogen (secondary N) is 1. The number of hydrogen-bond donors (Lipinski definition) is 1. The lowest BCUT2D eigenvalue weighted by molar-refractivity contribution is 0.780. The van der Waals surface area contributed by atoms with Crippen LogP contribution in [-0.4, -0.2) is 42.3 Å². The molecule has 0 aromatic carbocycles. The molecule has 0 amide bonds. The van der Waals surface area contributed by atoms with E-state index in [1.54, 1.807) is 23.1 Å². The SMILES string of the molecule is Clc1nc(NCC2CCCS2)nc(-n2cccn2)n1. The standard InChI is InChI=1S/C11H13ClN6S/c12-9-15-10(13-7-8-3-1-6-19-8)17-11(16-9)18-5-2-4-14-18/h2,4-5,8H,1,3,6-7H2,(H,13,15,16,17). The van der Waals surface area contributed by atoms with Gasteiger partial charge in [-0.1, -0.05) is 0 Å². The van der Waals surface area contributed by atoms with Gasteiger partial charge < -0.3 is 5.32 Å². The van der Waals surface area contributed by atoms with Crippen molar-refractivity contribution in [2.75, 3.05) is 17.6 Å². The van der Waals surface area contributed by atoms with Crippen molar-refractivity contribution in [3.8, 4) is 5.95 Å². The highest BCUT2D eigenvalue weighted by molar-refractivity contribution is 8.00. The van der Waals surface area contributed by atoms with Crippen LogP contribution in [0.2, 0.25) is 5.28 Å². The molecule has 1 atom stereocenters. The Labute approximate surface area is 120 Å². The smallest absolute Gasteiger partial charge is 0.256 e. The van der Waals surface area contributed by atoms with Gasteiger partial charge in [0, 0.05) is 24.2 Å². The minimum Gasteiger partial charge on any atom is -0.353 e. The summed E-state index contributed by atoms with van der Waals surface area (Å²) in [6.07, 6.45) is 5.96. The molecule has 1 unspecified atom stereocenters. The molecule has 8 heteroatoms. The van der Waals surface area contributed by atoms with Crippen LogP contribution in [0.15, 0.2) is 18.5 Å². The van der Waals surface area contributed by atoms with Crippen molar-refractivity contribution in [3.63, 3.8) is 0 Å². The molecule has 2 aromatic heterocycles. The minimum absolute atomic E-state index is 0.169. The predicted octanol–water partition coefficient (Wildman–Crippen LogP) is 2.02. The second-order valence-corrected chi connectivity index (χ2v) is 5.94. The number of aromatic nitrogens is 5. The van der Waals surface area contributed by atoms with Crippen molar-refractivity contribution in [3.05, 3.63) is 23.7 Å². The molecule has 19 heavy (non-hydrogen) atoms. The van der Waals surface area contributed by atoms with Crippen molar-refractivity contribution in [2.24, 2.45) is 0 Å². The van der Waals surface area contributed by atoms with Crippen LogP contribution in [0.25, 0.3) is 5.95 Å². The van der Waals surface area contributed by atoms with Crippen LogP contribution in [0.4, 0.5) is 5.95 Å². The molecule has 2 aromatic rings. The van der Waals surface area contributed by atoms with E-state index in [2.05, 4.69) is 25.4 Å². The Morgan fingerprint density at radius 3 is 3.11 bits per heavy atom. The number of rotatable bonds is 4. The predicted molar refractivity (Wildman–Crippen MR) is 75.9 cm³/mol. The number of nitrogens with zero attached hydrogens (tertiary/aromatic N) is 5. The third kappa shape index (κ3) is 3.16. The fourth-order valence-electron chi connectivity index (χ4n) is 1.92. The summed E-state index contributed by atoms with van der Waals surface area (Å²) in [7, 11) is 0. The first-order valence-electron chi connectivity index (χ1n) is 6.08. The lowest BCUT2D eigenvalue weighted by Gasteiger charge is -2.10. The molecular formula is C11H13ClN6S. The highest BCUT2D eigenvalue weighted by Gasteiger charge is 2.16. The Hall–Kier alpha value is -1.34. The van der Waals surface area contributed by atoms with E-state index in [1.165, 1.54) is 18.6 Å². The van der Waals surface area contributed by atoms with Crippen LogP contribution in [0.3, 0.4) is 0 Å². The Balaban J connectivity index is 1.74. The van der Waals surface area contributed by atoms with E-state index in [9.17, 15) is 0 Å². The molecule has 6 nitrogen and oxygen atoms in total. The molecule has 100 valence electrons. The maximum atomic E-state index is 5.91. The van der Waals surface area contributed by atoms with Gasteiger partial charge >= 0.3 is 0 Å². The minimum atomic E-state index is 0.169. The molecule has 0 saturated carbocycles. The van der Waals surface area contributed by atoms with Gasteiger partial charge in [0.15, 0.2) is 0 Å². The van der Waals surface area contributed by atoms with Crippen LogP contribution in [0.5, 0.6) is 0 Å². The maximum absolute atomic E-state index is 5.91. The topological polar surface area (TPSA) is 68.5 Å². The first-order valence-corrected chi connectivity index (χ1v) is 7.51. The van der Waals surface area contributed by atoms with Gasteiger partial charge in [0.2, 0.25) is 11.2 Å². The Bertz CT molecular complexity index is 540. The average molecular weight is 297 g/mol. The van der Waals surface area contributed by atoms with E-state index in [-0.39, 0.29) is 5.28 Å². The largest absolute Gasteiger partial charge is 0.353 e. The molecule has 1 aliphatic heterocycles. The van der Waals surface area contributed by atoms with Gasteiger partial charge in [-0.2, -0.15) is 31.8 Å². The van der Waals surface area contributed by atoms with E-state index in [0.717, 1.165) is 6.54 Å². The first-order chi connectivity index (χ1) is 9.31. The van der Waals surface area contributed by atoms with E-state index >= 15 is 0 Å². The summed E-state index contributed by atoms with van der Waals surface area (Å²) in [5.41, 5.74) is 0. The summed E-state index contributed by atoms with van der Waals surface area (Å²) in [4.78, 5) is 12.5. The summed E-state index contributed by atoms with van der Waals surface area (Å²) in [5, 5.41) is 8.10. The van der Waals surface area contributed by atoms with Crippen LogP contribution in [0.1, 0.15) is 12.8 Å². The summed E-state index contributed by atoms with van der Waals surface area (Å²) in [6, 6.07) is 1.81. The van der Waals surface area contributed by atoms with Crippen molar-refractivity contribution < 1.29 is 0 Å². The lowest BCUT2D eigenvalue weighted by Crippen LogP contribution is -2.16. The zero-order valence-electron chi connectivity index (χ0n) is 10.2. The summed E-state index contributed by atoms with van der Waals surface area (Å²) in [5.74, 6) is 2.16. The molecule has 1 N–H and O–H groups in total. The van der Waals surface area contributed by atoms with Gasteiger partial charge in [-0.05, 0) is 36.3 Å². The van der Waals surface area contributed by atoms with E-state index in [1.807, 2.05) is 11.8 Å². The fraction of sp³-hybridized carbons (Fsp3) is 0.455. The highest BCUT2D eigenvalue weighted by Crippen LogP contribution is 2.26. The van der Waals surface area contributed by atoms with Crippen molar-refractivity contribution >= 4 is 29.3 Å². The summed E-state index contributed by atoms with van der Waals surface area (Å²) in [6.45, 7) is 0.851. The van der Waals surface area contributed by atoms with Crippen LogP contribution in [-0.2, 0) is 0 Å². The third-order valence-corrected chi connectivity index (χ3v) is 4.38. The lowest BCUT2D eigenvalue weighted by atomic mass is 10.2. The molecule has 1 fully saturated rings. The van der Waals surface area contributed by atoms with E-state index in [0.29, 0.717) is 17.1 Å². The third-order valence-electron chi connectivity index (χ3n) is 2.82. The van der Waals surface area contributed by atoms with Gasteiger partial charge in [-0.15, -0.1) is 0 Å². The highest BCUT2D eigenvalue weighted by atomic mass is 35.5. The van der Waals surface area contributed by atoms with Gasteiger partial charge in [0.05, 0.1) is 0 Å². The van der Waals surface area contributed by atoms with Gasteiger partial charge in [0.1, 0.15) is 0 Å². The van der Waals surface area contributed by atoms with Crippen LogP contribution < -0.4 is 5.32 Å². The normalized spacial score (nSPS) is 18.7. The average Bonchev–Trinajstić information content (AvgIpc) is 3.09. The molecule has 1 aliphatic rings. The summed E-state index contributed by atoms with van der Waals surface area (Å²) >= 11 is 7.90. The monoisotopic (exact) mass is 296 g/mol. The number of hydrogen-bond acceptors (Lipinski definition) is 6. The first kappa shape index (κ1) is 12.7. The van der Waals surface area contributed by atoms with Crippen molar-refractivity contribution in [2.45, 2.75) is 18.1 Å². The fourth-order valence-corrected chi connectivity index (χ4v) is 3.28. The molecular weight excluding hydrogens is 284 g/mol. The Morgan fingerprint density at radius 2 is 2.37 bits per heavy atom. The molecule has 3 heterocycles. The number of halogens is 1. The quantitative estimate of drug-likeness (QED) is 0.931.